The zero-order valence-electron chi connectivity index (χ0n) is 21.2. The molecule has 11 heteroatoms. The van der Waals surface area contributed by atoms with Crippen molar-refractivity contribution in [2.75, 3.05) is 31.6 Å². The summed E-state index contributed by atoms with van der Waals surface area (Å²) in [5.41, 5.74) is 0.946. The maximum Gasteiger partial charge on any atom is 0.316 e. The molecule has 1 saturated heterocycles. The zero-order chi connectivity index (χ0) is 27.6. The fraction of sp³-hybridized carbons (Fsp3) is 0.250. The Morgan fingerprint density at radius 2 is 1.85 bits per heavy atom. The molecule has 2 aromatic carbocycles. The van der Waals surface area contributed by atoms with Crippen molar-refractivity contribution in [2.24, 2.45) is 7.05 Å². The van der Waals surface area contributed by atoms with Crippen LogP contribution in [0.2, 0.25) is 0 Å². The predicted octanol–water partition coefficient (Wildman–Crippen LogP) is 4.53. The molecule has 1 amide bonds. The van der Waals surface area contributed by atoms with Crippen LogP contribution < -0.4 is 10.9 Å². The number of rotatable bonds is 7. The highest BCUT2D eigenvalue weighted by molar-refractivity contribution is 14.2. The predicted molar refractivity (Wildman–Crippen MR) is 156 cm³/mol. The number of benzene rings is 2. The van der Waals surface area contributed by atoms with E-state index in [2.05, 4.69) is 24.7 Å². The number of anilines is 1. The van der Waals surface area contributed by atoms with Crippen molar-refractivity contribution in [3.05, 3.63) is 87.8 Å². The fourth-order valence-corrected chi connectivity index (χ4v) is 5.23. The molecule has 2 aromatic heterocycles. The Labute approximate surface area is 233 Å². The van der Waals surface area contributed by atoms with E-state index in [-0.39, 0.29) is 27.9 Å². The SMILES string of the molecule is C=IC(F)(F)c1cccc(-c2nc3c(C(=O)Nc4cccc(CN5CCOCC5)n4)cccc3c(=O)n2C)c1. The minimum Gasteiger partial charge on any atom is -0.379 e. The number of aromatic nitrogens is 3. The summed E-state index contributed by atoms with van der Waals surface area (Å²) in [6.45, 7) is 3.62. The molecule has 8 nitrogen and oxygen atoms in total. The second-order valence-electron chi connectivity index (χ2n) is 9.07. The number of hydrogen-bond donors (Lipinski definition) is 1. The molecule has 0 aliphatic carbocycles. The van der Waals surface area contributed by atoms with Gasteiger partial charge in [0.25, 0.3) is 11.5 Å². The summed E-state index contributed by atoms with van der Waals surface area (Å²) in [6, 6.07) is 16.0. The first-order valence-electron chi connectivity index (χ1n) is 12.2. The normalized spacial score (nSPS) is 14.4. The molecule has 3 heterocycles. The molecular weight excluding hydrogens is 619 g/mol. The lowest BCUT2D eigenvalue weighted by molar-refractivity contribution is 0.0337. The number of amides is 1. The summed E-state index contributed by atoms with van der Waals surface area (Å²) < 4.78 is 35.9. The van der Waals surface area contributed by atoms with Gasteiger partial charge in [0.15, 0.2) is 0 Å². The van der Waals surface area contributed by atoms with E-state index in [1.165, 1.54) is 29.8 Å². The number of morpholine rings is 1. The molecule has 0 spiro atoms. The van der Waals surface area contributed by atoms with E-state index in [1.807, 2.05) is 12.1 Å². The smallest absolute Gasteiger partial charge is 0.316 e. The lowest BCUT2D eigenvalue weighted by atomic mass is 10.1. The van der Waals surface area contributed by atoms with E-state index in [0.29, 0.717) is 31.1 Å². The van der Waals surface area contributed by atoms with Crippen LogP contribution in [0.1, 0.15) is 21.6 Å². The number of halogens is 3. The van der Waals surface area contributed by atoms with Gasteiger partial charge in [0, 0.05) is 37.8 Å². The average Bonchev–Trinajstić information content (AvgIpc) is 2.95. The Morgan fingerprint density at radius 3 is 2.62 bits per heavy atom. The number of hydrogen-bond acceptors (Lipinski definition) is 6. The number of fused-ring (bicyclic) bond motifs is 1. The number of pyridine rings is 1. The van der Waals surface area contributed by atoms with Crippen LogP contribution in [-0.4, -0.2) is 56.2 Å². The topological polar surface area (TPSA) is 89.4 Å². The number of para-hydroxylation sites is 1. The lowest BCUT2D eigenvalue weighted by Crippen LogP contribution is -2.35. The Bertz CT molecular complexity index is 1620. The Balaban J connectivity index is 1.49. The Morgan fingerprint density at radius 1 is 1.10 bits per heavy atom. The van der Waals surface area contributed by atoms with Crippen molar-refractivity contribution >= 4 is 47.9 Å². The van der Waals surface area contributed by atoms with Crippen LogP contribution in [-0.2, 0) is 22.3 Å². The minimum atomic E-state index is -3.01. The van der Waals surface area contributed by atoms with Crippen molar-refractivity contribution < 1.29 is 18.3 Å². The maximum atomic E-state index is 14.4. The highest BCUT2D eigenvalue weighted by atomic mass is 127. The van der Waals surface area contributed by atoms with E-state index in [9.17, 15) is 18.4 Å². The minimum absolute atomic E-state index is 0.175. The second kappa shape index (κ2) is 11.4. The van der Waals surface area contributed by atoms with Gasteiger partial charge in [-0.3, -0.25) is 19.1 Å². The van der Waals surface area contributed by atoms with Crippen LogP contribution in [0, 0.1) is 0 Å². The van der Waals surface area contributed by atoms with Gasteiger partial charge in [-0.2, -0.15) is 8.78 Å². The first kappa shape index (κ1) is 27.2. The van der Waals surface area contributed by atoms with E-state index in [4.69, 9.17) is 4.74 Å². The molecule has 1 aliphatic heterocycles. The number of alkyl halides is 3. The number of ether oxygens (including phenoxy) is 1. The van der Waals surface area contributed by atoms with Crippen LogP contribution in [0.25, 0.3) is 22.3 Å². The summed E-state index contributed by atoms with van der Waals surface area (Å²) in [5, 5.41) is 3.06. The third-order valence-electron chi connectivity index (χ3n) is 6.50. The third kappa shape index (κ3) is 5.80. The van der Waals surface area contributed by atoms with Crippen molar-refractivity contribution in [3.63, 3.8) is 0 Å². The van der Waals surface area contributed by atoms with Gasteiger partial charge in [-0.15, -0.1) is 0 Å². The van der Waals surface area contributed by atoms with Gasteiger partial charge in [-0.1, -0.05) is 34.8 Å². The van der Waals surface area contributed by atoms with Crippen LogP contribution in [0.15, 0.2) is 65.5 Å². The van der Waals surface area contributed by atoms with E-state index >= 15 is 0 Å². The summed E-state index contributed by atoms with van der Waals surface area (Å²) in [4.78, 5) is 38.0. The first-order valence-corrected chi connectivity index (χ1v) is 14.8. The lowest BCUT2D eigenvalue weighted by Gasteiger charge is -2.26. The summed E-state index contributed by atoms with van der Waals surface area (Å²) in [5.74, 6) is 0.0712. The molecule has 202 valence electrons. The van der Waals surface area contributed by atoms with Gasteiger partial charge >= 0.3 is 3.93 Å². The molecule has 0 bridgehead atoms. The van der Waals surface area contributed by atoms with E-state index < -0.39 is 36.1 Å². The van der Waals surface area contributed by atoms with E-state index in [0.717, 1.165) is 18.8 Å². The van der Waals surface area contributed by atoms with Gasteiger partial charge in [0.05, 0.1) is 35.4 Å². The van der Waals surface area contributed by atoms with Crippen LogP contribution >= 0.6 is 20.7 Å². The molecule has 1 aliphatic rings. The molecule has 39 heavy (non-hydrogen) atoms. The van der Waals surface area contributed by atoms with Crippen molar-refractivity contribution in [3.8, 4) is 11.4 Å². The number of nitrogens with one attached hydrogen (secondary N) is 1. The summed E-state index contributed by atoms with van der Waals surface area (Å²) in [6.07, 6.45) is 0. The third-order valence-corrected chi connectivity index (χ3v) is 8.09. The zero-order valence-corrected chi connectivity index (χ0v) is 23.3. The second-order valence-corrected chi connectivity index (χ2v) is 11.2. The van der Waals surface area contributed by atoms with Crippen LogP contribution in [0.3, 0.4) is 0 Å². The summed E-state index contributed by atoms with van der Waals surface area (Å²) >= 11 is -1.63. The Kier molecular flexibility index (Phi) is 7.91. The number of nitrogens with zero attached hydrogens (tertiary/aromatic N) is 4. The first-order chi connectivity index (χ1) is 18.8. The highest BCUT2D eigenvalue weighted by Crippen LogP contribution is 2.39. The van der Waals surface area contributed by atoms with Gasteiger partial charge < -0.3 is 10.1 Å². The molecule has 1 fully saturated rings. The number of carbonyl (C=O) groups excluding carboxylic acids is 1. The van der Waals surface area contributed by atoms with Crippen molar-refractivity contribution in [1.82, 2.24) is 19.4 Å². The van der Waals surface area contributed by atoms with Crippen LogP contribution in [0.4, 0.5) is 14.6 Å². The molecule has 1 N–H and O–H groups in total. The Hall–Kier alpha value is -3.42. The molecule has 0 atom stereocenters. The van der Waals surface area contributed by atoms with Crippen molar-refractivity contribution in [2.45, 2.75) is 10.5 Å². The molecule has 0 saturated carbocycles. The summed E-state index contributed by atoms with van der Waals surface area (Å²) in [7, 11) is 1.53. The van der Waals surface area contributed by atoms with Gasteiger partial charge in [0.1, 0.15) is 11.6 Å². The monoisotopic (exact) mass is 645 g/mol. The van der Waals surface area contributed by atoms with Crippen molar-refractivity contribution in [1.29, 1.82) is 0 Å². The van der Waals surface area contributed by atoms with E-state index in [1.54, 1.807) is 30.3 Å². The molecule has 4 aromatic rings. The van der Waals surface area contributed by atoms with Gasteiger partial charge in [0.2, 0.25) is 0 Å². The number of carbonyl (C=O) groups is 1. The van der Waals surface area contributed by atoms with Gasteiger partial charge in [-0.25, -0.2) is 9.97 Å². The average molecular weight is 645 g/mol. The molecule has 0 unspecified atom stereocenters. The quantitative estimate of drug-likeness (QED) is 0.235. The maximum absolute atomic E-state index is 14.4. The fourth-order valence-electron chi connectivity index (χ4n) is 4.46. The molecule has 0 radical (unpaired) electrons. The standard InChI is InChI=1S/C28H26F2IN5O3/c1-31-28(29,30)19-7-3-6-18(16-19)25-34-24-21(9-5-10-22(24)27(38)35(25)2)26(37)33-23-11-4-8-20(32-23)17-36-12-14-39-15-13-36/h3-11,16H,1,12-15,17H2,2H3,(H,32,33,37). The molecule has 5 rings (SSSR count). The highest BCUT2D eigenvalue weighted by Gasteiger charge is 2.28. The largest absolute Gasteiger partial charge is 0.379 e. The van der Waals surface area contributed by atoms with Gasteiger partial charge in [-0.05, 0) is 51.1 Å². The van der Waals surface area contributed by atoms with Crippen LogP contribution in [0.5, 0.6) is 0 Å². The molecular formula is C28H26F2IN5O3.